The maximum absolute atomic E-state index is 13.9. The lowest BCUT2D eigenvalue weighted by Gasteiger charge is -2.48. The molecule has 3 nitrogen and oxygen atoms in total. The molecule has 2 bridgehead atoms. The van der Waals surface area contributed by atoms with Gasteiger partial charge in [-0.15, -0.1) is 0 Å². The number of piperidine rings is 1. The normalized spacial score (nSPS) is 30.1. The average Bonchev–Trinajstić information content (AvgIpc) is 2.63. The molecule has 0 spiro atoms. The average molecular weight is 370 g/mol. The van der Waals surface area contributed by atoms with Gasteiger partial charge in [0.2, 0.25) is 0 Å². The van der Waals surface area contributed by atoms with Gasteiger partial charge in [0, 0.05) is 23.9 Å². The largest absolute Gasteiger partial charge is 0.399 e. The highest BCUT2D eigenvalue weighted by atomic mass is 19.1. The van der Waals surface area contributed by atoms with Crippen molar-refractivity contribution in [3.8, 4) is 0 Å². The van der Waals surface area contributed by atoms with E-state index in [1.807, 2.05) is 12.1 Å². The van der Waals surface area contributed by atoms with E-state index in [2.05, 4.69) is 17.4 Å². The number of fused-ring (bicyclic) bond motifs is 2. The third-order valence-electron chi connectivity index (χ3n) is 5.85. The SMILES string of the molecule is CON=C1C2CC(C)CC1C(c1cccc(F)c1)NC2c1cccc(F)c1. The molecule has 1 aliphatic carbocycles. The summed E-state index contributed by atoms with van der Waals surface area (Å²) in [5, 5.41) is 8.07. The van der Waals surface area contributed by atoms with Gasteiger partial charge in [0.25, 0.3) is 0 Å². The van der Waals surface area contributed by atoms with Crippen LogP contribution < -0.4 is 5.32 Å². The Morgan fingerprint density at radius 2 is 1.44 bits per heavy atom. The van der Waals surface area contributed by atoms with E-state index < -0.39 is 0 Å². The number of nitrogens with zero attached hydrogens (tertiary/aromatic N) is 1. The highest BCUT2D eigenvalue weighted by Crippen LogP contribution is 2.48. The minimum atomic E-state index is -0.257. The van der Waals surface area contributed by atoms with Crippen molar-refractivity contribution in [2.75, 3.05) is 7.11 Å². The summed E-state index contributed by atoms with van der Waals surface area (Å²) in [5.41, 5.74) is 2.77. The molecule has 4 rings (SSSR count). The van der Waals surface area contributed by atoms with Gasteiger partial charge in [-0.2, -0.15) is 0 Å². The number of benzene rings is 2. The van der Waals surface area contributed by atoms with Crippen LogP contribution in [0.3, 0.4) is 0 Å². The van der Waals surface area contributed by atoms with Crippen LogP contribution in [-0.2, 0) is 4.84 Å². The Morgan fingerprint density at radius 3 is 1.89 bits per heavy atom. The molecule has 5 heteroatoms. The maximum atomic E-state index is 13.9. The molecule has 1 heterocycles. The van der Waals surface area contributed by atoms with Crippen LogP contribution in [-0.4, -0.2) is 12.8 Å². The quantitative estimate of drug-likeness (QED) is 0.770. The highest BCUT2D eigenvalue weighted by molar-refractivity contribution is 5.91. The van der Waals surface area contributed by atoms with E-state index in [1.54, 1.807) is 31.4 Å². The zero-order valence-electron chi connectivity index (χ0n) is 15.5. The van der Waals surface area contributed by atoms with E-state index in [4.69, 9.17) is 4.84 Å². The first-order valence-corrected chi connectivity index (χ1v) is 9.44. The molecule has 1 aliphatic heterocycles. The lowest BCUT2D eigenvalue weighted by atomic mass is 9.64. The van der Waals surface area contributed by atoms with Crippen molar-refractivity contribution in [3.05, 3.63) is 71.3 Å². The summed E-state index contributed by atoms with van der Waals surface area (Å²) in [6.45, 7) is 2.24. The Hall–Kier alpha value is -2.27. The molecule has 1 saturated carbocycles. The Bertz CT molecular complexity index is 790. The molecule has 2 aromatic carbocycles. The summed E-state index contributed by atoms with van der Waals surface area (Å²) in [6, 6.07) is 13.2. The van der Waals surface area contributed by atoms with E-state index in [0.717, 1.165) is 29.7 Å². The summed E-state index contributed by atoms with van der Waals surface area (Å²) in [5.74, 6) is 0.251. The molecule has 2 fully saturated rings. The van der Waals surface area contributed by atoms with Crippen molar-refractivity contribution in [2.24, 2.45) is 22.9 Å². The van der Waals surface area contributed by atoms with Crippen LogP contribution in [0.2, 0.25) is 0 Å². The van der Waals surface area contributed by atoms with Crippen molar-refractivity contribution in [2.45, 2.75) is 31.8 Å². The Morgan fingerprint density at radius 1 is 0.926 bits per heavy atom. The lowest BCUT2D eigenvalue weighted by Crippen LogP contribution is -2.52. The van der Waals surface area contributed by atoms with Gasteiger partial charge in [0.1, 0.15) is 18.7 Å². The van der Waals surface area contributed by atoms with Gasteiger partial charge in [-0.25, -0.2) is 8.78 Å². The minimum Gasteiger partial charge on any atom is -0.399 e. The summed E-state index contributed by atoms with van der Waals surface area (Å²) in [6.07, 6.45) is 1.92. The number of nitrogens with one attached hydrogen (secondary N) is 1. The van der Waals surface area contributed by atoms with E-state index in [9.17, 15) is 8.78 Å². The Labute approximate surface area is 158 Å². The smallest absolute Gasteiger partial charge is 0.123 e. The number of hydrogen-bond acceptors (Lipinski definition) is 3. The van der Waals surface area contributed by atoms with Gasteiger partial charge in [-0.3, -0.25) is 0 Å². The van der Waals surface area contributed by atoms with Crippen LogP contribution in [0.5, 0.6) is 0 Å². The first-order valence-electron chi connectivity index (χ1n) is 9.44. The Kier molecular flexibility index (Phi) is 4.96. The van der Waals surface area contributed by atoms with Crippen LogP contribution in [0.1, 0.15) is 43.0 Å². The fourth-order valence-corrected chi connectivity index (χ4v) is 4.82. The molecule has 27 heavy (non-hydrogen) atoms. The summed E-state index contributed by atoms with van der Waals surface area (Å²) in [7, 11) is 1.56. The van der Waals surface area contributed by atoms with Crippen LogP contribution in [0.25, 0.3) is 0 Å². The second-order valence-corrected chi connectivity index (χ2v) is 7.72. The monoisotopic (exact) mass is 370 g/mol. The summed E-state index contributed by atoms with van der Waals surface area (Å²) in [4.78, 5) is 5.18. The van der Waals surface area contributed by atoms with Gasteiger partial charge in [0.05, 0.1) is 5.71 Å². The molecule has 0 aromatic heterocycles. The van der Waals surface area contributed by atoms with Gasteiger partial charge in [-0.05, 0) is 54.2 Å². The first-order chi connectivity index (χ1) is 13.1. The number of halogens is 2. The third kappa shape index (κ3) is 3.48. The molecule has 4 atom stereocenters. The second-order valence-electron chi connectivity index (χ2n) is 7.72. The van der Waals surface area contributed by atoms with Crippen LogP contribution in [0.4, 0.5) is 8.78 Å². The second kappa shape index (κ2) is 7.39. The zero-order valence-corrected chi connectivity index (χ0v) is 15.5. The van der Waals surface area contributed by atoms with Gasteiger partial charge < -0.3 is 10.2 Å². The molecule has 2 aliphatic rings. The molecule has 2 aromatic rings. The highest BCUT2D eigenvalue weighted by Gasteiger charge is 2.47. The van der Waals surface area contributed by atoms with Gasteiger partial charge >= 0.3 is 0 Å². The predicted octanol–water partition coefficient (Wildman–Crippen LogP) is 5.02. The first kappa shape index (κ1) is 18.1. The lowest BCUT2D eigenvalue weighted by molar-refractivity contribution is 0.162. The molecular weight excluding hydrogens is 346 g/mol. The molecule has 0 radical (unpaired) electrons. The zero-order chi connectivity index (χ0) is 19.0. The van der Waals surface area contributed by atoms with E-state index in [-0.39, 0.29) is 35.6 Å². The van der Waals surface area contributed by atoms with E-state index >= 15 is 0 Å². The number of oxime groups is 1. The van der Waals surface area contributed by atoms with Crippen molar-refractivity contribution < 1.29 is 13.6 Å². The predicted molar refractivity (Wildman–Crippen MR) is 101 cm³/mol. The fraction of sp³-hybridized carbons (Fsp3) is 0.409. The summed E-state index contributed by atoms with van der Waals surface area (Å²) >= 11 is 0. The molecule has 1 saturated heterocycles. The number of rotatable bonds is 3. The van der Waals surface area contributed by atoms with Gasteiger partial charge in [-0.1, -0.05) is 36.3 Å². The van der Waals surface area contributed by atoms with Crippen LogP contribution in [0, 0.1) is 29.4 Å². The topological polar surface area (TPSA) is 33.6 Å². The molecule has 142 valence electrons. The maximum Gasteiger partial charge on any atom is 0.123 e. The third-order valence-corrected chi connectivity index (χ3v) is 5.85. The molecule has 4 unspecified atom stereocenters. The molecule has 1 N–H and O–H groups in total. The minimum absolute atomic E-state index is 0.0955. The van der Waals surface area contributed by atoms with E-state index in [0.29, 0.717) is 5.92 Å². The van der Waals surface area contributed by atoms with Crippen molar-refractivity contribution in [1.29, 1.82) is 0 Å². The standard InChI is InChI=1S/C22H24F2N2O/c1-13-9-18-20(14-5-3-7-16(23)11-14)25-21(15-6-4-8-17(24)12-15)19(10-13)22(18)26-27-2/h3-8,11-13,18-21,25H,9-10H2,1-2H3. The molecular formula is C22H24F2N2O. The molecule has 0 amide bonds. The van der Waals surface area contributed by atoms with Crippen molar-refractivity contribution in [1.82, 2.24) is 5.32 Å². The van der Waals surface area contributed by atoms with Crippen molar-refractivity contribution in [3.63, 3.8) is 0 Å². The fourth-order valence-electron chi connectivity index (χ4n) is 4.82. The van der Waals surface area contributed by atoms with Crippen molar-refractivity contribution >= 4 is 5.71 Å². The van der Waals surface area contributed by atoms with Crippen LogP contribution >= 0.6 is 0 Å². The van der Waals surface area contributed by atoms with E-state index in [1.165, 1.54) is 12.1 Å². The summed E-state index contributed by atoms with van der Waals surface area (Å²) < 4.78 is 27.8. The van der Waals surface area contributed by atoms with Gasteiger partial charge in [0.15, 0.2) is 0 Å². The Balaban J connectivity index is 1.81. The number of hydrogen-bond donors (Lipinski definition) is 1. The van der Waals surface area contributed by atoms with Crippen LogP contribution in [0.15, 0.2) is 53.7 Å².